The Hall–Kier alpha value is -1.14. The molecule has 1 aliphatic carbocycles. The molecule has 0 atom stereocenters. The minimum atomic E-state index is -3.47. The molecule has 1 heterocycles. The van der Waals surface area contributed by atoms with Crippen LogP contribution in [0.4, 0.5) is 5.82 Å². The number of pyridine rings is 1. The van der Waals surface area contributed by atoms with E-state index < -0.39 is 10.0 Å². The molecule has 112 valence electrons. The van der Waals surface area contributed by atoms with E-state index >= 15 is 0 Å². The highest BCUT2D eigenvalue weighted by Gasteiger charge is 2.31. The summed E-state index contributed by atoms with van der Waals surface area (Å²) in [5.41, 5.74) is 5.58. The molecule has 20 heavy (non-hydrogen) atoms. The fraction of sp³-hybridized carbons (Fsp3) is 0.643. The van der Waals surface area contributed by atoms with Crippen LogP contribution in [0, 0.1) is 5.92 Å². The minimum absolute atomic E-state index is 0.0946. The quantitative estimate of drug-likeness (QED) is 0.924. The first-order chi connectivity index (χ1) is 9.45. The molecule has 0 saturated heterocycles. The standard InChI is InChI=1S/C14H23N3O2S/c1-3-11-4-6-12(7-5-11)17(2)20(18,19)13-8-9-16-14(15)10-13/h8-12H,3-7H2,1-2H3,(H2,15,16). The van der Waals surface area contributed by atoms with Crippen LogP contribution >= 0.6 is 0 Å². The number of hydrogen-bond acceptors (Lipinski definition) is 4. The Morgan fingerprint density at radius 3 is 2.55 bits per heavy atom. The maximum atomic E-state index is 12.6. The first-order valence-electron chi connectivity index (χ1n) is 7.14. The van der Waals surface area contributed by atoms with Gasteiger partial charge in [-0.25, -0.2) is 13.4 Å². The van der Waals surface area contributed by atoms with Gasteiger partial charge >= 0.3 is 0 Å². The monoisotopic (exact) mass is 297 g/mol. The second kappa shape index (κ2) is 6.10. The topological polar surface area (TPSA) is 76.3 Å². The maximum absolute atomic E-state index is 12.6. The Morgan fingerprint density at radius 1 is 1.35 bits per heavy atom. The summed E-state index contributed by atoms with van der Waals surface area (Å²) >= 11 is 0. The largest absolute Gasteiger partial charge is 0.384 e. The van der Waals surface area contributed by atoms with Gasteiger partial charge in [0.05, 0.1) is 4.90 Å². The highest BCUT2D eigenvalue weighted by atomic mass is 32.2. The van der Waals surface area contributed by atoms with Crippen molar-refractivity contribution in [3.63, 3.8) is 0 Å². The van der Waals surface area contributed by atoms with Gasteiger partial charge in [-0.1, -0.05) is 13.3 Å². The maximum Gasteiger partial charge on any atom is 0.243 e. The number of rotatable bonds is 4. The van der Waals surface area contributed by atoms with Crippen LogP contribution in [0.2, 0.25) is 0 Å². The van der Waals surface area contributed by atoms with Crippen molar-refractivity contribution in [1.82, 2.24) is 9.29 Å². The van der Waals surface area contributed by atoms with Crippen LogP contribution in [0.15, 0.2) is 23.2 Å². The van der Waals surface area contributed by atoms with E-state index in [-0.39, 0.29) is 16.8 Å². The molecule has 1 aromatic rings. The number of sulfonamides is 1. The predicted molar refractivity (Wildman–Crippen MR) is 79.6 cm³/mol. The Balaban J connectivity index is 2.14. The van der Waals surface area contributed by atoms with Gasteiger partial charge < -0.3 is 5.73 Å². The van der Waals surface area contributed by atoms with E-state index in [2.05, 4.69) is 11.9 Å². The molecule has 0 aliphatic heterocycles. The summed E-state index contributed by atoms with van der Waals surface area (Å²) in [5, 5.41) is 0. The van der Waals surface area contributed by atoms with E-state index in [1.165, 1.54) is 29.1 Å². The van der Waals surface area contributed by atoms with E-state index in [0.717, 1.165) is 31.6 Å². The Kier molecular flexibility index (Phi) is 4.65. The normalized spacial score (nSPS) is 23.9. The molecule has 6 heteroatoms. The second-order valence-corrected chi connectivity index (χ2v) is 7.52. The van der Waals surface area contributed by atoms with Crippen molar-refractivity contribution in [1.29, 1.82) is 0 Å². The van der Waals surface area contributed by atoms with Crippen molar-refractivity contribution in [2.24, 2.45) is 5.92 Å². The van der Waals surface area contributed by atoms with E-state index in [1.54, 1.807) is 7.05 Å². The smallest absolute Gasteiger partial charge is 0.243 e. The van der Waals surface area contributed by atoms with Crippen molar-refractivity contribution in [3.05, 3.63) is 18.3 Å². The van der Waals surface area contributed by atoms with Crippen molar-refractivity contribution in [2.75, 3.05) is 12.8 Å². The molecule has 0 aromatic carbocycles. The first kappa shape index (κ1) is 15.3. The molecule has 1 aromatic heterocycles. The molecule has 1 fully saturated rings. The predicted octanol–water partition coefficient (Wildman–Crippen LogP) is 2.25. The lowest BCUT2D eigenvalue weighted by Gasteiger charge is -2.33. The van der Waals surface area contributed by atoms with Gasteiger partial charge in [-0.15, -0.1) is 0 Å². The van der Waals surface area contributed by atoms with Crippen molar-refractivity contribution >= 4 is 15.8 Å². The average Bonchev–Trinajstić information content (AvgIpc) is 2.46. The lowest BCUT2D eigenvalue weighted by molar-refractivity contribution is 0.233. The zero-order chi connectivity index (χ0) is 14.8. The molecular weight excluding hydrogens is 274 g/mol. The lowest BCUT2D eigenvalue weighted by atomic mass is 9.85. The van der Waals surface area contributed by atoms with Gasteiger partial charge in [0, 0.05) is 25.4 Å². The average molecular weight is 297 g/mol. The molecule has 0 bridgehead atoms. The van der Waals surface area contributed by atoms with Crippen molar-refractivity contribution in [3.8, 4) is 0 Å². The number of anilines is 1. The van der Waals surface area contributed by atoms with Crippen LogP contribution in [0.5, 0.6) is 0 Å². The van der Waals surface area contributed by atoms with E-state index in [1.807, 2.05) is 0 Å². The molecule has 0 radical (unpaired) electrons. The first-order valence-corrected chi connectivity index (χ1v) is 8.58. The number of nitrogens with two attached hydrogens (primary N) is 1. The highest BCUT2D eigenvalue weighted by molar-refractivity contribution is 7.89. The molecule has 1 saturated carbocycles. The fourth-order valence-corrected chi connectivity index (χ4v) is 4.31. The van der Waals surface area contributed by atoms with Crippen molar-refractivity contribution in [2.45, 2.75) is 50.0 Å². The summed E-state index contributed by atoms with van der Waals surface area (Å²) in [7, 11) is -1.80. The molecular formula is C14H23N3O2S. The van der Waals surface area contributed by atoms with E-state index in [4.69, 9.17) is 5.73 Å². The SMILES string of the molecule is CCC1CCC(N(C)S(=O)(=O)c2ccnc(N)c2)CC1. The van der Waals surface area contributed by atoms with Crippen LogP contribution in [0.3, 0.4) is 0 Å². The Bertz CT molecular complexity index is 551. The van der Waals surface area contributed by atoms with Crippen LogP contribution in [0.1, 0.15) is 39.0 Å². The van der Waals surface area contributed by atoms with Gasteiger partial charge in [0.2, 0.25) is 10.0 Å². The van der Waals surface area contributed by atoms with Crippen LogP contribution in [-0.2, 0) is 10.0 Å². The van der Waals surface area contributed by atoms with Gasteiger partial charge in [0.15, 0.2) is 0 Å². The summed E-state index contributed by atoms with van der Waals surface area (Å²) < 4.78 is 26.7. The molecule has 1 aliphatic rings. The van der Waals surface area contributed by atoms with Crippen molar-refractivity contribution < 1.29 is 8.42 Å². The van der Waals surface area contributed by atoms with Crippen LogP contribution < -0.4 is 5.73 Å². The minimum Gasteiger partial charge on any atom is -0.384 e. The van der Waals surface area contributed by atoms with Gasteiger partial charge in [0.1, 0.15) is 5.82 Å². The summed E-state index contributed by atoms with van der Waals surface area (Å²) in [4.78, 5) is 4.07. The third kappa shape index (κ3) is 3.12. The van der Waals surface area contributed by atoms with Gasteiger partial charge in [-0.3, -0.25) is 0 Å². The molecule has 2 N–H and O–H groups in total. The van der Waals surface area contributed by atoms with Gasteiger partial charge in [-0.2, -0.15) is 4.31 Å². The molecule has 0 unspecified atom stereocenters. The van der Waals surface area contributed by atoms with E-state index in [9.17, 15) is 8.42 Å². The number of hydrogen-bond donors (Lipinski definition) is 1. The van der Waals surface area contributed by atoms with Gasteiger partial charge in [0.25, 0.3) is 0 Å². The molecule has 0 amide bonds. The lowest BCUT2D eigenvalue weighted by Crippen LogP contribution is -2.39. The molecule has 5 nitrogen and oxygen atoms in total. The van der Waals surface area contributed by atoms with Gasteiger partial charge in [-0.05, 0) is 37.7 Å². The van der Waals surface area contributed by atoms with E-state index in [0.29, 0.717) is 0 Å². The van der Waals surface area contributed by atoms with Crippen LogP contribution in [-0.4, -0.2) is 30.8 Å². The number of nitrogens with zero attached hydrogens (tertiary/aromatic N) is 2. The summed E-state index contributed by atoms with van der Waals surface area (Å²) in [6.45, 7) is 2.20. The highest BCUT2D eigenvalue weighted by Crippen LogP contribution is 2.31. The third-order valence-electron chi connectivity index (χ3n) is 4.34. The summed E-state index contributed by atoms with van der Waals surface area (Å²) in [5.74, 6) is 0.980. The molecule has 0 spiro atoms. The fourth-order valence-electron chi connectivity index (χ4n) is 2.87. The number of aromatic nitrogens is 1. The zero-order valence-corrected chi connectivity index (χ0v) is 12.9. The van der Waals surface area contributed by atoms with Crippen LogP contribution in [0.25, 0.3) is 0 Å². The molecule has 2 rings (SSSR count). The second-order valence-electron chi connectivity index (χ2n) is 5.52. The number of nitrogen functional groups attached to an aromatic ring is 1. The zero-order valence-electron chi connectivity index (χ0n) is 12.1. The Labute approximate surface area is 121 Å². The Morgan fingerprint density at radius 2 is 2.00 bits per heavy atom. The summed E-state index contributed by atoms with van der Waals surface area (Å²) in [6, 6.07) is 3.01. The third-order valence-corrected chi connectivity index (χ3v) is 6.24. The summed E-state index contributed by atoms with van der Waals surface area (Å²) in [6.07, 6.45) is 6.72.